The van der Waals surface area contributed by atoms with Crippen LogP contribution in [-0.4, -0.2) is 23.4 Å². The van der Waals surface area contributed by atoms with Crippen molar-refractivity contribution in [2.45, 2.75) is 4.90 Å². The number of benzene rings is 2. The number of fused-ring (bicyclic) bond motifs is 1. The van der Waals surface area contributed by atoms with Crippen LogP contribution < -0.4 is 5.46 Å². The highest BCUT2D eigenvalue weighted by atomic mass is 32.2. The summed E-state index contributed by atoms with van der Waals surface area (Å²) < 4.78 is 0. The summed E-state index contributed by atoms with van der Waals surface area (Å²) in [6.45, 7) is 0. The molecule has 0 aliphatic rings. The highest BCUT2D eigenvalue weighted by Gasteiger charge is 2.16. The van der Waals surface area contributed by atoms with E-state index >= 15 is 0 Å². The van der Waals surface area contributed by atoms with Crippen molar-refractivity contribution in [3.05, 3.63) is 36.4 Å². The third-order valence-electron chi connectivity index (χ3n) is 2.38. The molecule has 2 aromatic carbocycles. The topological polar surface area (TPSA) is 40.5 Å². The Labute approximate surface area is 93.1 Å². The maximum absolute atomic E-state index is 9.24. The van der Waals surface area contributed by atoms with E-state index < -0.39 is 7.12 Å². The van der Waals surface area contributed by atoms with E-state index in [-0.39, 0.29) is 0 Å². The fraction of sp³-hybridized carbons (Fsp3) is 0.0909. The lowest BCUT2D eigenvalue weighted by atomic mass is 9.79. The Kier molecular flexibility index (Phi) is 3.00. The maximum atomic E-state index is 9.24. The molecule has 0 saturated heterocycles. The standard InChI is InChI=1S/C11H11BO2S/c1-15-11-7-9-5-3-2-4-8(9)6-10(11)12(13)14/h2-7,13-14H,1H3. The van der Waals surface area contributed by atoms with Gasteiger partial charge in [0.1, 0.15) is 0 Å². The van der Waals surface area contributed by atoms with Crippen molar-refractivity contribution in [2.75, 3.05) is 6.26 Å². The first-order valence-electron chi connectivity index (χ1n) is 4.65. The molecular formula is C11H11BO2S. The van der Waals surface area contributed by atoms with Gasteiger partial charge in [0.25, 0.3) is 0 Å². The summed E-state index contributed by atoms with van der Waals surface area (Å²) in [5, 5.41) is 20.6. The monoisotopic (exact) mass is 218 g/mol. The maximum Gasteiger partial charge on any atom is 0.489 e. The normalized spacial score (nSPS) is 10.6. The number of hydrogen-bond acceptors (Lipinski definition) is 3. The van der Waals surface area contributed by atoms with Crippen molar-refractivity contribution >= 4 is 35.1 Å². The average molecular weight is 218 g/mol. The van der Waals surface area contributed by atoms with Crippen molar-refractivity contribution in [3.8, 4) is 0 Å². The van der Waals surface area contributed by atoms with Gasteiger partial charge in [-0.3, -0.25) is 0 Å². The Balaban J connectivity index is 2.69. The number of thioether (sulfide) groups is 1. The molecule has 2 rings (SSSR count). The van der Waals surface area contributed by atoms with Crippen molar-refractivity contribution in [1.29, 1.82) is 0 Å². The third-order valence-corrected chi connectivity index (χ3v) is 3.17. The van der Waals surface area contributed by atoms with Crippen LogP contribution in [0.25, 0.3) is 10.8 Å². The fourth-order valence-electron chi connectivity index (χ4n) is 1.62. The van der Waals surface area contributed by atoms with Crippen LogP contribution in [0.1, 0.15) is 0 Å². The summed E-state index contributed by atoms with van der Waals surface area (Å²) in [5.41, 5.74) is 0.571. The molecule has 0 spiro atoms. The van der Waals surface area contributed by atoms with Gasteiger partial charge in [0.05, 0.1) is 0 Å². The lowest BCUT2D eigenvalue weighted by molar-refractivity contribution is 0.425. The lowest BCUT2D eigenvalue weighted by Gasteiger charge is -2.08. The summed E-state index contributed by atoms with van der Waals surface area (Å²) in [6, 6.07) is 11.7. The zero-order chi connectivity index (χ0) is 10.8. The first-order valence-corrected chi connectivity index (χ1v) is 5.87. The molecule has 76 valence electrons. The minimum Gasteiger partial charge on any atom is -0.423 e. The van der Waals surface area contributed by atoms with E-state index in [0.29, 0.717) is 5.46 Å². The van der Waals surface area contributed by atoms with Gasteiger partial charge in [0, 0.05) is 4.90 Å². The number of hydrogen-bond donors (Lipinski definition) is 2. The van der Waals surface area contributed by atoms with Gasteiger partial charge in [-0.1, -0.05) is 30.3 Å². The summed E-state index contributed by atoms with van der Waals surface area (Å²) >= 11 is 1.52. The van der Waals surface area contributed by atoms with Crippen LogP contribution in [0.2, 0.25) is 0 Å². The molecule has 0 aliphatic carbocycles. The third kappa shape index (κ3) is 2.02. The molecule has 2 aromatic rings. The zero-order valence-electron chi connectivity index (χ0n) is 8.34. The SMILES string of the molecule is CSc1cc2ccccc2cc1B(O)O. The Bertz CT molecular complexity index is 485. The van der Waals surface area contributed by atoms with Crippen molar-refractivity contribution < 1.29 is 10.0 Å². The van der Waals surface area contributed by atoms with Gasteiger partial charge in [0.15, 0.2) is 0 Å². The smallest absolute Gasteiger partial charge is 0.423 e. The van der Waals surface area contributed by atoms with Gasteiger partial charge in [-0.05, 0) is 28.6 Å². The second-order valence-corrected chi connectivity index (χ2v) is 4.16. The second-order valence-electron chi connectivity index (χ2n) is 3.31. The quantitative estimate of drug-likeness (QED) is 0.588. The highest BCUT2D eigenvalue weighted by Crippen LogP contribution is 2.20. The predicted octanol–water partition coefficient (Wildman–Crippen LogP) is 1.24. The van der Waals surface area contributed by atoms with E-state index in [4.69, 9.17) is 0 Å². The molecule has 0 radical (unpaired) electrons. The second kappa shape index (κ2) is 4.27. The van der Waals surface area contributed by atoms with Crippen LogP contribution in [-0.2, 0) is 0 Å². The fourth-order valence-corrected chi connectivity index (χ4v) is 2.26. The van der Waals surface area contributed by atoms with E-state index in [2.05, 4.69) is 0 Å². The van der Waals surface area contributed by atoms with E-state index in [9.17, 15) is 10.0 Å². The molecule has 0 bridgehead atoms. The van der Waals surface area contributed by atoms with Crippen LogP contribution in [0.3, 0.4) is 0 Å². The molecule has 0 saturated carbocycles. The summed E-state index contributed by atoms with van der Waals surface area (Å²) in [5.74, 6) is 0. The molecule has 0 aliphatic heterocycles. The Morgan fingerprint density at radius 1 is 1.07 bits per heavy atom. The molecule has 0 fully saturated rings. The zero-order valence-corrected chi connectivity index (χ0v) is 9.16. The predicted molar refractivity (Wildman–Crippen MR) is 65.6 cm³/mol. The Morgan fingerprint density at radius 3 is 2.20 bits per heavy atom. The van der Waals surface area contributed by atoms with Crippen LogP contribution in [0.15, 0.2) is 41.3 Å². The Hall–Kier alpha value is -0.965. The molecule has 15 heavy (non-hydrogen) atoms. The first-order chi connectivity index (χ1) is 7.22. The van der Waals surface area contributed by atoms with E-state index in [1.54, 1.807) is 0 Å². The van der Waals surface area contributed by atoms with Crippen LogP contribution in [0, 0.1) is 0 Å². The molecule has 0 atom stereocenters. The van der Waals surface area contributed by atoms with Gasteiger partial charge in [-0.25, -0.2) is 0 Å². The summed E-state index contributed by atoms with van der Waals surface area (Å²) in [4.78, 5) is 0.906. The highest BCUT2D eigenvalue weighted by molar-refractivity contribution is 7.98. The molecule has 2 N–H and O–H groups in total. The van der Waals surface area contributed by atoms with Gasteiger partial charge in [-0.2, -0.15) is 0 Å². The minimum atomic E-state index is -1.41. The van der Waals surface area contributed by atoms with Crippen molar-refractivity contribution in [1.82, 2.24) is 0 Å². The van der Waals surface area contributed by atoms with Crippen molar-refractivity contribution in [3.63, 3.8) is 0 Å². The minimum absolute atomic E-state index is 0.571. The Morgan fingerprint density at radius 2 is 1.67 bits per heavy atom. The lowest BCUT2D eigenvalue weighted by Crippen LogP contribution is -2.31. The van der Waals surface area contributed by atoms with E-state index in [1.165, 1.54) is 11.8 Å². The van der Waals surface area contributed by atoms with E-state index in [0.717, 1.165) is 15.7 Å². The van der Waals surface area contributed by atoms with Crippen LogP contribution >= 0.6 is 11.8 Å². The molecular weight excluding hydrogens is 207 g/mol. The molecule has 0 heterocycles. The molecule has 0 aromatic heterocycles. The average Bonchev–Trinajstić information content (AvgIpc) is 2.27. The first kappa shape index (κ1) is 10.5. The summed E-state index contributed by atoms with van der Waals surface area (Å²) in [7, 11) is -1.41. The van der Waals surface area contributed by atoms with Gasteiger partial charge >= 0.3 is 7.12 Å². The molecule has 0 amide bonds. The van der Waals surface area contributed by atoms with Crippen molar-refractivity contribution in [2.24, 2.45) is 0 Å². The van der Waals surface area contributed by atoms with E-state index in [1.807, 2.05) is 42.7 Å². The molecule has 0 unspecified atom stereocenters. The van der Waals surface area contributed by atoms with Crippen LogP contribution in [0.4, 0.5) is 0 Å². The molecule has 4 heteroatoms. The van der Waals surface area contributed by atoms with Gasteiger partial charge in [-0.15, -0.1) is 11.8 Å². The van der Waals surface area contributed by atoms with Crippen LogP contribution in [0.5, 0.6) is 0 Å². The number of rotatable bonds is 2. The van der Waals surface area contributed by atoms with Gasteiger partial charge in [0.2, 0.25) is 0 Å². The largest absolute Gasteiger partial charge is 0.489 e. The van der Waals surface area contributed by atoms with Gasteiger partial charge < -0.3 is 10.0 Å². The summed E-state index contributed by atoms with van der Waals surface area (Å²) in [6.07, 6.45) is 1.93. The molecule has 2 nitrogen and oxygen atoms in total.